The van der Waals surface area contributed by atoms with Crippen LogP contribution in [0.15, 0.2) is 40.9 Å². The molecule has 0 fully saturated rings. The number of benzene rings is 1. The first kappa shape index (κ1) is 12.8. The molecule has 2 aromatic rings. The van der Waals surface area contributed by atoms with E-state index in [4.69, 9.17) is 9.67 Å². The Hall–Kier alpha value is -1.65. The second-order valence-corrected chi connectivity index (χ2v) is 4.17. The second kappa shape index (κ2) is 6.33. The van der Waals surface area contributed by atoms with E-state index in [0.29, 0.717) is 11.7 Å². The average Bonchev–Trinajstić information content (AvgIpc) is 2.90. The van der Waals surface area contributed by atoms with Gasteiger partial charge in [-0.05, 0) is 18.6 Å². The maximum atomic E-state index is 8.90. The third-order valence-corrected chi connectivity index (χ3v) is 2.81. The maximum absolute atomic E-state index is 8.90. The van der Waals surface area contributed by atoms with E-state index in [2.05, 4.69) is 16.8 Å². The van der Waals surface area contributed by atoms with Crippen LogP contribution in [0.1, 0.15) is 38.1 Å². The number of nitrogens with zero attached hydrogens (tertiary/aromatic N) is 1. The lowest BCUT2D eigenvalue weighted by atomic mass is 10.1. The van der Waals surface area contributed by atoms with E-state index >= 15 is 0 Å². The van der Waals surface area contributed by atoms with Gasteiger partial charge in [-0.2, -0.15) is 0 Å². The Morgan fingerprint density at radius 3 is 2.78 bits per heavy atom. The summed E-state index contributed by atoms with van der Waals surface area (Å²) in [5.41, 5.74) is 0.913. The first-order valence-corrected chi connectivity index (χ1v) is 6.16. The third-order valence-electron chi connectivity index (χ3n) is 2.81. The van der Waals surface area contributed by atoms with Gasteiger partial charge in [-0.15, -0.1) is 0 Å². The van der Waals surface area contributed by atoms with Crippen LogP contribution in [0.4, 0.5) is 0 Å². The Bertz CT molecular complexity index is 467. The van der Waals surface area contributed by atoms with Gasteiger partial charge in [-0.1, -0.05) is 38.0 Å². The number of unbranched alkanes of at least 4 members (excludes halogenated alkanes) is 1. The lowest BCUT2D eigenvalue weighted by molar-refractivity contribution is -0.287. The van der Waals surface area contributed by atoms with Crippen molar-refractivity contribution in [2.24, 2.45) is 0 Å². The quantitative estimate of drug-likeness (QED) is 0.617. The highest BCUT2D eigenvalue weighted by molar-refractivity contribution is 5.52. The fourth-order valence-corrected chi connectivity index (χ4v) is 1.79. The van der Waals surface area contributed by atoms with Gasteiger partial charge >= 0.3 is 0 Å². The normalized spacial score (nSPS) is 12.6. The van der Waals surface area contributed by atoms with Crippen molar-refractivity contribution in [3.05, 3.63) is 42.3 Å². The monoisotopic (exact) mass is 247 g/mol. The van der Waals surface area contributed by atoms with Gasteiger partial charge < -0.3 is 4.42 Å². The predicted molar refractivity (Wildman–Crippen MR) is 67.9 cm³/mol. The van der Waals surface area contributed by atoms with Crippen molar-refractivity contribution in [3.63, 3.8) is 0 Å². The molecule has 0 saturated carbocycles. The summed E-state index contributed by atoms with van der Waals surface area (Å²) < 4.78 is 5.62. The second-order valence-electron chi connectivity index (χ2n) is 4.17. The summed E-state index contributed by atoms with van der Waals surface area (Å²) in [7, 11) is 0. The smallest absolute Gasteiger partial charge is 0.226 e. The largest absolute Gasteiger partial charge is 0.438 e. The molecule has 0 saturated heterocycles. The Morgan fingerprint density at radius 2 is 2.11 bits per heavy atom. The lowest BCUT2D eigenvalue weighted by Gasteiger charge is -2.08. The topological polar surface area (TPSA) is 55.5 Å². The maximum Gasteiger partial charge on any atom is 0.226 e. The number of oxazole rings is 1. The average molecular weight is 247 g/mol. The fourth-order valence-electron chi connectivity index (χ4n) is 1.79. The van der Waals surface area contributed by atoms with Crippen molar-refractivity contribution in [1.29, 1.82) is 0 Å². The minimum atomic E-state index is -0.435. The predicted octanol–water partition coefficient (Wildman–Crippen LogP) is 4.06. The summed E-state index contributed by atoms with van der Waals surface area (Å²) in [5, 5.41) is 8.90. The summed E-state index contributed by atoms with van der Waals surface area (Å²) in [6.45, 7) is 2.09. The number of hydrogen-bond acceptors (Lipinski definition) is 4. The van der Waals surface area contributed by atoms with Gasteiger partial charge in [0.25, 0.3) is 0 Å². The molecular weight excluding hydrogens is 230 g/mol. The number of rotatable bonds is 6. The van der Waals surface area contributed by atoms with E-state index in [0.717, 1.165) is 24.8 Å². The van der Waals surface area contributed by atoms with Crippen LogP contribution in [-0.2, 0) is 4.89 Å². The van der Waals surface area contributed by atoms with Gasteiger partial charge in [-0.3, -0.25) is 5.26 Å². The highest BCUT2D eigenvalue weighted by atomic mass is 17.1. The van der Waals surface area contributed by atoms with E-state index in [9.17, 15) is 0 Å². The van der Waals surface area contributed by atoms with Crippen LogP contribution in [0.5, 0.6) is 0 Å². The first-order chi connectivity index (χ1) is 8.85. The standard InChI is InChI=1S/C14H17NO3/c1-2-3-9-12(18-16)13-10-15-14(17-13)11-7-5-4-6-8-11/h4-8,10,12,16H,2-3,9H2,1H3. The molecule has 1 unspecified atom stereocenters. The molecule has 0 aliphatic rings. The van der Waals surface area contributed by atoms with Crippen LogP contribution in [0, 0.1) is 0 Å². The molecule has 96 valence electrons. The van der Waals surface area contributed by atoms with E-state index in [1.165, 1.54) is 0 Å². The molecule has 4 heteroatoms. The van der Waals surface area contributed by atoms with Crippen LogP contribution in [0.3, 0.4) is 0 Å². The molecule has 1 heterocycles. The molecule has 0 aliphatic carbocycles. The van der Waals surface area contributed by atoms with E-state index in [1.54, 1.807) is 6.20 Å². The van der Waals surface area contributed by atoms with Gasteiger partial charge in [0.05, 0.1) is 6.20 Å². The van der Waals surface area contributed by atoms with Crippen molar-refractivity contribution in [1.82, 2.24) is 4.98 Å². The van der Waals surface area contributed by atoms with Crippen molar-refractivity contribution in [2.75, 3.05) is 0 Å². The van der Waals surface area contributed by atoms with Crippen LogP contribution in [-0.4, -0.2) is 10.2 Å². The molecule has 1 atom stereocenters. The zero-order chi connectivity index (χ0) is 12.8. The molecule has 1 aromatic heterocycles. The van der Waals surface area contributed by atoms with Crippen LogP contribution >= 0.6 is 0 Å². The zero-order valence-electron chi connectivity index (χ0n) is 10.4. The molecule has 2 rings (SSSR count). The van der Waals surface area contributed by atoms with Crippen molar-refractivity contribution < 1.29 is 14.6 Å². The van der Waals surface area contributed by atoms with Gasteiger partial charge in [0.15, 0.2) is 11.9 Å². The Kier molecular flexibility index (Phi) is 4.50. The number of hydrogen-bond donors (Lipinski definition) is 1. The molecule has 0 amide bonds. The Morgan fingerprint density at radius 1 is 1.33 bits per heavy atom. The molecule has 4 nitrogen and oxygen atoms in total. The van der Waals surface area contributed by atoms with Gasteiger partial charge in [0.1, 0.15) is 0 Å². The van der Waals surface area contributed by atoms with Gasteiger partial charge in [0, 0.05) is 5.56 Å². The van der Waals surface area contributed by atoms with Crippen LogP contribution in [0.25, 0.3) is 11.5 Å². The van der Waals surface area contributed by atoms with E-state index in [1.807, 2.05) is 30.3 Å². The van der Waals surface area contributed by atoms with Crippen LogP contribution in [0.2, 0.25) is 0 Å². The Balaban J connectivity index is 2.14. The molecule has 0 aliphatic heterocycles. The molecule has 0 bridgehead atoms. The molecular formula is C14H17NO3. The Labute approximate surface area is 106 Å². The van der Waals surface area contributed by atoms with Crippen molar-refractivity contribution in [2.45, 2.75) is 32.3 Å². The first-order valence-electron chi connectivity index (χ1n) is 6.16. The minimum absolute atomic E-state index is 0.435. The van der Waals surface area contributed by atoms with Gasteiger partial charge in [-0.25, -0.2) is 9.87 Å². The molecule has 0 radical (unpaired) electrons. The molecule has 1 N–H and O–H groups in total. The van der Waals surface area contributed by atoms with Crippen molar-refractivity contribution >= 4 is 0 Å². The molecule has 1 aromatic carbocycles. The minimum Gasteiger partial charge on any atom is -0.438 e. The summed E-state index contributed by atoms with van der Waals surface area (Å²) in [5.74, 6) is 1.11. The molecule has 18 heavy (non-hydrogen) atoms. The van der Waals surface area contributed by atoms with E-state index < -0.39 is 6.10 Å². The summed E-state index contributed by atoms with van der Waals surface area (Å²) in [4.78, 5) is 8.66. The highest BCUT2D eigenvalue weighted by Gasteiger charge is 2.17. The number of aromatic nitrogens is 1. The fraction of sp³-hybridized carbons (Fsp3) is 0.357. The third kappa shape index (κ3) is 2.97. The highest BCUT2D eigenvalue weighted by Crippen LogP contribution is 2.27. The summed E-state index contributed by atoms with van der Waals surface area (Å²) >= 11 is 0. The summed E-state index contributed by atoms with van der Waals surface area (Å²) in [6, 6.07) is 9.65. The molecule has 0 spiro atoms. The summed E-state index contributed by atoms with van der Waals surface area (Å²) in [6.07, 6.45) is 3.90. The van der Waals surface area contributed by atoms with Crippen molar-refractivity contribution in [3.8, 4) is 11.5 Å². The SMILES string of the molecule is CCCCC(OO)c1cnc(-c2ccccc2)o1. The zero-order valence-corrected chi connectivity index (χ0v) is 10.4. The lowest BCUT2D eigenvalue weighted by Crippen LogP contribution is -2.00. The van der Waals surface area contributed by atoms with E-state index in [-0.39, 0.29) is 0 Å². The van der Waals surface area contributed by atoms with Crippen LogP contribution < -0.4 is 0 Å². The van der Waals surface area contributed by atoms with Gasteiger partial charge in [0.2, 0.25) is 5.89 Å².